The number of hydrogen-bond acceptors (Lipinski definition) is 7. The molecule has 0 unspecified atom stereocenters. The van der Waals surface area contributed by atoms with Crippen molar-refractivity contribution in [2.75, 3.05) is 18.1 Å². The van der Waals surface area contributed by atoms with Gasteiger partial charge >= 0.3 is 11.9 Å². The minimum atomic E-state index is -0.314. The van der Waals surface area contributed by atoms with Gasteiger partial charge in [-0.15, -0.1) is 0 Å². The van der Waals surface area contributed by atoms with E-state index in [9.17, 15) is 24.0 Å². The lowest BCUT2D eigenvalue weighted by molar-refractivity contribution is -0.137. The maximum Gasteiger partial charge on any atom is 0.338 e. The third-order valence-electron chi connectivity index (χ3n) is 9.35. The lowest BCUT2D eigenvalue weighted by Crippen LogP contribution is -2.26. The number of carbonyl (C=O) groups is 5. The van der Waals surface area contributed by atoms with Crippen LogP contribution in [0.4, 0.5) is 5.69 Å². The monoisotopic (exact) mass is 759 g/mol. The van der Waals surface area contributed by atoms with Crippen molar-refractivity contribution < 1.29 is 33.4 Å². The number of benzene rings is 4. The van der Waals surface area contributed by atoms with Gasteiger partial charge in [-0.2, -0.15) is 0 Å². The third kappa shape index (κ3) is 13.6. The van der Waals surface area contributed by atoms with Crippen LogP contribution in [0.25, 0.3) is 21.9 Å². The first-order valence-electron chi connectivity index (χ1n) is 19.7. The van der Waals surface area contributed by atoms with Gasteiger partial charge in [0.2, 0.25) is 0 Å². The molecule has 1 heterocycles. The molecule has 1 amide bonds. The van der Waals surface area contributed by atoms with Crippen LogP contribution in [0, 0.1) is 0 Å². The number of anilines is 1. The van der Waals surface area contributed by atoms with Gasteiger partial charge in [-0.1, -0.05) is 133 Å². The molecule has 8 heteroatoms. The van der Waals surface area contributed by atoms with E-state index in [1.54, 1.807) is 24.0 Å². The molecule has 1 aliphatic heterocycles. The Labute approximate surface area is 332 Å². The Bertz CT molecular complexity index is 1940. The van der Waals surface area contributed by atoms with Crippen LogP contribution in [0.1, 0.15) is 129 Å². The Balaban J connectivity index is 0.000000414. The van der Waals surface area contributed by atoms with Gasteiger partial charge in [-0.05, 0) is 79.1 Å². The summed E-state index contributed by atoms with van der Waals surface area (Å²) in [6.07, 6.45) is 13.9. The van der Waals surface area contributed by atoms with E-state index in [1.807, 2.05) is 66.7 Å². The maximum atomic E-state index is 13.5. The zero-order chi connectivity index (χ0) is 40.9. The van der Waals surface area contributed by atoms with Gasteiger partial charge < -0.3 is 14.4 Å². The highest BCUT2D eigenvalue weighted by Crippen LogP contribution is 2.42. The van der Waals surface area contributed by atoms with E-state index in [0.29, 0.717) is 36.4 Å². The van der Waals surface area contributed by atoms with E-state index in [1.165, 1.54) is 57.6 Å². The second kappa shape index (κ2) is 24.0. The number of amides is 1. The molecule has 4 aromatic rings. The van der Waals surface area contributed by atoms with Crippen LogP contribution < -0.4 is 4.90 Å². The predicted molar refractivity (Wildman–Crippen MR) is 226 cm³/mol. The second-order valence-corrected chi connectivity index (χ2v) is 13.7. The van der Waals surface area contributed by atoms with E-state index in [2.05, 4.69) is 27.0 Å². The van der Waals surface area contributed by atoms with Crippen molar-refractivity contribution in [2.24, 2.45) is 0 Å². The van der Waals surface area contributed by atoms with Crippen molar-refractivity contribution in [3.63, 3.8) is 0 Å². The van der Waals surface area contributed by atoms with Crippen molar-refractivity contribution in [1.82, 2.24) is 0 Å². The van der Waals surface area contributed by atoms with Gasteiger partial charge in [0, 0.05) is 22.6 Å². The number of ketones is 2. The number of Topliss-reactive ketones (excluding diaryl/α,β-unsaturated/α-hetero) is 1. The Hall–Kier alpha value is -5.63. The highest BCUT2D eigenvalue weighted by Gasteiger charge is 2.30. The molecule has 0 spiro atoms. The minimum Gasteiger partial charge on any atom is -0.463 e. The fourth-order valence-electron chi connectivity index (χ4n) is 6.16. The summed E-state index contributed by atoms with van der Waals surface area (Å²) < 4.78 is 10.2. The number of rotatable bonds is 19. The highest BCUT2D eigenvalue weighted by atomic mass is 16.5. The number of carbonyl (C=O) groups excluding carboxylic acids is 5. The first-order chi connectivity index (χ1) is 27.1. The standard InChI is InChI=1S/C34H33NO4.C10H18O2.C4H6O/c1-3-4-5-6-7-21-39-34(38)27-13-11-24(12-14-27)22-35-31-20-19-28(26-17-15-25(16-18-26)23(2)36)29-9-8-10-30(32(29)31)33(35)37;1-3-5-6-7-8-9-12-10(11)4-2;1-3-4(2)5/h8-20H,3-7,21-22H2,1-2H3;4H,2-3,5-9H2,1H3;3H,1H2,2H3. The van der Waals surface area contributed by atoms with Crippen LogP contribution in [-0.4, -0.2) is 42.6 Å². The summed E-state index contributed by atoms with van der Waals surface area (Å²) in [5, 5.41) is 1.94. The highest BCUT2D eigenvalue weighted by molar-refractivity contribution is 6.26. The lowest BCUT2D eigenvalue weighted by Gasteiger charge is -2.18. The summed E-state index contributed by atoms with van der Waals surface area (Å²) in [5.41, 5.74) is 5.71. The van der Waals surface area contributed by atoms with Crippen LogP contribution in [0.15, 0.2) is 104 Å². The topological polar surface area (TPSA) is 107 Å². The van der Waals surface area contributed by atoms with E-state index in [4.69, 9.17) is 9.47 Å². The maximum absolute atomic E-state index is 13.5. The molecule has 0 bridgehead atoms. The zero-order valence-electron chi connectivity index (χ0n) is 33.6. The van der Waals surface area contributed by atoms with E-state index in [-0.39, 0.29) is 29.4 Å². The summed E-state index contributed by atoms with van der Waals surface area (Å²) in [6.45, 7) is 15.3. The van der Waals surface area contributed by atoms with Gasteiger partial charge in [0.1, 0.15) is 0 Å². The summed E-state index contributed by atoms with van der Waals surface area (Å²) in [7, 11) is 0. The number of nitrogens with zero attached hydrogens (tertiary/aromatic N) is 1. The number of unbranched alkanes of at least 4 members (excludes halogenated alkanes) is 8. The molecule has 0 radical (unpaired) electrons. The Morgan fingerprint density at radius 1 is 0.643 bits per heavy atom. The van der Waals surface area contributed by atoms with E-state index >= 15 is 0 Å². The number of hydrogen-bond donors (Lipinski definition) is 0. The molecule has 0 aliphatic carbocycles. The van der Waals surface area contributed by atoms with Crippen molar-refractivity contribution in [3.8, 4) is 11.1 Å². The predicted octanol–water partition coefficient (Wildman–Crippen LogP) is 11.4. The van der Waals surface area contributed by atoms with Crippen LogP contribution in [0.3, 0.4) is 0 Å². The number of ether oxygens (including phenoxy) is 2. The molecule has 0 saturated heterocycles. The molecule has 0 fully saturated rings. The lowest BCUT2D eigenvalue weighted by atomic mass is 9.95. The van der Waals surface area contributed by atoms with Crippen molar-refractivity contribution in [2.45, 2.75) is 98.4 Å². The summed E-state index contributed by atoms with van der Waals surface area (Å²) in [5.74, 6) is -0.608. The molecule has 4 aromatic carbocycles. The van der Waals surface area contributed by atoms with E-state index < -0.39 is 0 Å². The molecule has 8 nitrogen and oxygen atoms in total. The summed E-state index contributed by atoms with van der Waals surface area (Å²) in [6, 6.07) is 24.8. The van der Waals surface area contributed by atoms with Gasteiger partial charge in [-0.3, -0.25) is 14.4 Å². The molecule has 1 aliphatic rings. The Kier molecular flexibility index (Phi) is 19.2. The van der Waals surface area contributed by atoms with E-state index in [0.717, 1.165) is 58.8 Å². The third-order valence-corrected chi connectivity index (χ3v) is 9.35. The fourth-order valence-corrected chi connectivity index (χ4v) is 6.16. The van der Waals surface area contributed by atoms with Crippen LogP contribution >= 0.6 is 0 Å². The van der Waals surface area contributed by atoms with Gasteiger partial charge in [0.15, 0.2) is 11.6 Å². The number of allylic oxidation sites excluding steroid dienone is 1. The smallest absolute Gasteiger partial charge is 0.338 e. The fraction of sp³-hybridized carbons (Fsp3) is 0.354. The van der Waals surface area contributed by atoms with Crippen molar-refractivity contribution in [3.05, 3.63) is 126 Å². The quantitative estimate of drug-likeness (QED) is 0.0405. The SMILES string of the molecule is C=CC(=O)OCCCCCCC.C=CC(C)=O.CCCCCCCOC(=O)c1ccc(CN2C(=O)c3cccc4c(-c5ccc(C(C)=O)cc5)ccc2c34)cc1. The molecule has 0 atom stereocenters. The van der Waals surface area contributed by atoms with Crippen LogP contribution in [0.5, 0.6) is 0 Å². The van der Waals surface area contributed by atoms with Crippen molar-refractivity contribution in [1.29, 1.82) is 0 Å². The number of esters is 2. The summed E-state index contributed by atoms with van der Waals surface area (Å²) in [4.78, 5) is 59.6. The molecule has 56 heavy (non-hydrogen) atoms. The van der Waals surface area contributed by atoms with Crippen LogP contribution in [0.2, 0.25) is 0 Å². The first-order valence-corrected chi connectivity index (χ1v) is 19.7. The average Bonchev–Trinajstić information content (AvgIpc) is 3.48. The molecular weight excluding hydrogens is 703 g/mol. The molecule has 0 N–H and O–H groups in total. The molecular formula is C48H57NO7. The Morgan fingerprint density at radius 3 is 1.77 bits per heavy atom. The van der Waals surface area contributed by atoms with Gasteiger partial charge in [-0.25, -0.2) is 9.59 Å². The van der Waals surface area contributed by atoms with Crippen LogP contribution in [-0.2, 0) is 25.6 Å². The first kappa shape index (κ1) is 44.8. The van der Waals surface area contributed by atoms with Gasteiger partial charge in [0.25, 0.3) is 5.91 Å². The summed E-state index contributed by atoms with van der Waals surface area (Å²) >= 11 is 0. The van der Waals surface area contributed by atoms with Gasteiger partial charge in [0.05, 0.1) is 31.0 Å². The normalized spacial score (nSPS) is 11.1. The largest absolute Gasteiger partial charge is 0.463 e. The second-order valence-electron chi connectivity index (χ2n) is 13.7. The minimum absolute atomic E-state index is 0.0185. The molecule has 296 valence electrons. The Morgan fingerprint density at radius 2 is 1.21 bits per heavy atom. The molecule has 0 saturated carbocycles. The molecule has 0 aromatic heterocycles. The van der Waals surface area contributed by atoms with Crippen molar-refractivity contribution >= 4 is 45.9 Å². The average molecular weight is 760 g/mol. The molecule has 5 rings (SSSR count). The zero-order valence-corrected chi connectivity index (χ0v) is 33.6.